The van der Waals surface area contributed by atoms with E-state index < -0.39 is 0 Å². The summed E-state index contributed by atoms with van der Waals surface area (Å²) in [5, 5.41) is 2.74. The highest BCUT2D eigenvalue weighted by molar-refractivity contribution is 5.98. The number of likely N-dealkylation sites (tertiary alicyclic amines) is 1. The molecule has 2 heterocycles. The molecule has 29 heavy (non-hydrogen) atoms. The molecule has 0 radical (unpaired) electrons. The predicted molar refractivity (Wildman–Crippen MR) is 111 cm³/mol. The summed E-state index contributed by atoms with van der Waals surface area (Å²) in [5.74, 6) is 0.641. The Morgan fingerprint density at radius 2 is 1.62 bits per heavy atom. The predicted octanol–water partition coefficient (Wildman–Crippen LogP) is 4.59. The van der Waals surface area contributed by atoms with E-state index in [4.69, 9.17) is 4.42 Å². The van der Waals surface area contributed by atoms with Gasteiger partial charge in [-0.15, -0.1) is 0 Å². The minimum absolute atomic E-state index is 0.100. The minimum atomic E-state index is -0.134. The van der Waals surface area contributed by atoms with E-state index in [0.717, 1.165) is 43.5 Å². The fraction of sp³-hybridized carbons (Fsp3) is 0.261. The lowest BCUT2D eigenvalue weighted by Crippen LogP contribution is -2.36. The van der Waals surface area contributed by atoms with Gasteiger partial charge in [0.15, 0.2) is 11.5 Å². The van der Waals surface area contributed by atoms with Crippen molar-refractivity contribution in [2.75, 3.05) is 18.4 Å². The van der Waals surface area contributed by atoms with Gasteiger partial charge in [0, 0.05) is 36.8 Å². The molecule has 0 saturated carbocycles. The van der Waals surface area contributed by atoms with Crippen LogP contribution in [0.2, 0.25) is 0 Å². The third kappa shape index (κ3) is 4.21. The van der Waals surface area contributed by atoms with E-state index in [1.54, 1.807) is 12.1 Å². The van der Waals surface area contributed by atoms with Gasteiger partial charge in [-0.05, 0) is 55.7 Å². The smallest absolute Gasteiger partial charge is 0.276 e. The van der Waals surface area contributed by atoms with Crippen LogP contribution in [-0.2, 0) is 4.79 Å². The third-order valence-corrected chi connectivity index (χ3v) is 4.96. The number of nitrogens with zero attached hydrogens (tertiary/aromatic N) is 2. The lowest BCUT2D eigenvalue weighted by molar-refractivity contribution is -0.114. The van der Waals surface area contributed by atoms with E-state index in [9.17, 15) is 9.59 Å². The van der Waals surface area contributed by atoms with Crippen LogP contribution in [0, 0.1) is 0 Å². The lowest BCUT2D eigenvalue weighted by atomic mass is 10.1. The van der Waals surface area contributed by atoms with Gasteiger partial charge in [0.2, 0.25) is 11.8 Å². The Hall–Kier alpha value is -3.41. The molecule has 1 N–H and O–H groups in total. The average Bonchev–Trinajstić information content (AvgIpc) is 3.20. The Kier molecular flexibility index (Phi) is 5.42. The lowest BCUT2D eigenvalue weighted by Gasteiger charge is -2.26. The number of carbonyl (C=O) groups excluding carboxylic acids is 2. The van der Waals surface area contributed by atoms with E-state index in [-0.39, 0.29) is 11.8 Å². The van der Waals surface area contributed by atoms with Crippen LogP contribution >= 0.6 is 0 Å². The molecule has 0 aliphatic carbocycles. The highest BCUT2D eigenvalue weighted by atomic mass is 16.4. The summed E-state index contributed by atoms with van der Waals surface area (Å²) in [6.45, 7) is 2.95. The quantitative estimate of drug-likeness (QED) is 0.708. The normalized spacial score (nSPS) is 13.9. The molecule has 0 spiro atoms. The van der Waals surface area contributed by atoms with E-state index in [0.29, 0.717) is 23.0 Å². The van der Waals surface area contributed by atoms with Crippen molar-refractivity contribution < 1.29 is 14.0 Å². The molecular weight excluding hydrogens is 366 g/mol. The van der Waals surface area contributed by atoms with E-state index in [1.807, 2.05) is 47.4 Å². The van der Waals surface area contributed by atoms with Crippen molar-refractivity contribution in [1.82, 2.24) is 9.88 Å². The van der Waals surface area contributed by atoms with Crippen molar-refractivity contribution in [2.45, 2.75) is 26.2 Å². The third-order valence-electron chi connectivity index (χ3n) is 4.96. The first-order valence-corrected chi connectivity index (χ1v) is 9.85. The molecule has 2 amide bonds. The zero-order valence-corrected chi connectivity index (χ0v) is 16.4. The monoisotopic (exact) mass is 389 g/mol. The summed E-state index contributed by atoms with van der Waals surface area (Å²) >= 11 is 0. The van der Waals surface area contributed by atoms with Gasteiger partial charge in [0.1, 0.15) is 0 Å². The van der Waals surface area contributed by atoms with Crippen LogP contribution in [0.3, 0.4) is 0 Å². The van der Waals surface area contributed by atoms with Crippen LogP contribution in [0.1, 0.15) is 36.7 Å². The highest BCUT2D eigenvalue weighted by Crippen LogP contribution is 2.32. The second-order valence-corrected chi connectivity index (χ2v) is 7.17. The molecule has 0 bridgehead atoms. The molecule has 0 unspecified atom stereocenters. The SMILES string of the molecule is CC(=O)Nc1ccc(-c2oc(-c3ccccc3)nc2C(=O)N2CCCCC2)cc1. The maximum absolute atomic E-state index is 13.2. The number of benzene rings is 2. The molecular formula is C23H23N3O3. The number of oxazole rings is 1. The van der Waals surface area contributed by atoms with Gasteiger partial charge in [0.25, 0.3) is 5.91 Å². The first kappa shape index (κ1) is 18.9. The molecule has 148 valence electrons. The maximum Gasteiger partial charge on any atom is 0.276 e. The summed E-state index contributed by atoms with van der Waals surface area (Å²) in [7, 11) is 0. The van der Waals surface area contributed by atoms with Gasteiger partial charge in [-0.2, -0.15) is 0 Å². The van der Waals surface area contributed by atoms with Gasteiger partial charge >= 0.3 is 0 Å². The first-order valence-electron chi connectivity index (χ1n) is 9.85. The molecule has 1 aliphatic rings. The number of piperidine rings is 1. The van der Waals surface area contributed by atoms with Crippen molar-refractivity contribution in [3.8, 4) is 22.8 Å². The molecule has 6 heteroatoms. The number of hydrogen-bond donors (Lipinski definition) is 1. The molecule has 1 aromatic heterocycles. The molecule has 4 rings (SSSR count). The van der Waals surface area contributed by atoms with Crippen LogP contribution in [0.4, 0.5) is 5.69 Å². The summed E-state index contributed by atoms with van der Waals surface area (Å²) in [4.78, 5) is 30.9. The highest BCUT2D eigenvalue weighted by Gasteiger charge is 2.27. The van der Waals surface area contributed by atoms with E-state index >= 15 is 0 Å². The van der Waals surface area contributed by atoms with Crippen LogP contribution in [0.5, 0.6) is 0 Å². The number of rotatable bonds is 4. The molecule has 2 aromatic carbocycles. The van der Waals surface area contributed by atoms with Crippen LogP contribution in [0.25, 0.3) is 22.8 Å². The standard InChI is InChI=1S/C23H23N3O3/c1-16(27)24-19-12-10-17(11-13-19)21-20(23(28)26-14-6-3-7-15-26)25-22(29-21)18-8-4-2-5-9-18/h2,4-5,8-13H,3,6-7,14-15H2,1H3,(H,24,27). The van der Waals surface area contributed by atoms with Gasteiger partial charge in [0.05, 0.1) is 0 Å². The number of amides is 2. The van der Waals surface area contributed by atoms with Gasteiger partial charge in [-0.1, -0.05) is 18.2 Å². The number of hydrogen-bond acceptors (Lipinski definition) is 4. The van der Waals surface area contributed by atoms with Crippen LogP contribution < -0.4 is 5.32 Å². The molecule has 1 aliphatic heterocycles. The van der Waals surface area contributed by atoms with Crippen molar-refractivity contribution >= 4 is 17.5 Å². The molecule has 6 nitrogen and oxygen atoms in total. The summed E-state index contributed by atoms with van der Waals surface area (Å²) in [5.41, 5.74) is 2.58. The molecule has 3 aromatic rings. The number of aromatic nitrogens is 1. The number of carbonyl (C=O) groups is 2. The van der Waals surface area contributed by atoms with Crippen LogP contribution in [0.15, 0.2) is 59.0 Å². The van der Waals surface area contributed by atoms with E-state index in [1.165, 1.54) is 6.92 Å². The zero-order valence-electron chi connectivity index (χ0n) is 16.4. The van der Waals surface area contributed by atoms with Crippen molar-refractivity contribution in [3.63, 3.8) is 0 Å². The molecule has 1 fully saturated rings. The van der Waals surface area contributed by atoms with Crippen molar-refractivity contribution in [2.24, 2.45) is 0 Å². The average molecular weight is 389 g/mol. The van der Waals surface area contributed by atoms with E-state index in [2.05, 4.69) is 10.3 Å². The molecule has 0 atom stereocenters. The minimum Gasteiger partial charge on any atom is -0.435 e. The van der Waals surface area contributed by atoms with Gasteiger partial charge in [-0.3, -0.25) is 9.59 Å². The summed E-state index contributed by atoms with van der Waals surface area (Å²) < 4.78 is 6.07. The number of nitrogens with one attached hydrogen (secondary N) is 1. The topological polar surface area (TPSA) is 75.4 Å². The Morgan fingerprint density at radius 3 is 2.28 bits per heavy atom. The van der Waals surface area contributed by atoms with Crippen molar-refractivity contribution in [1.29, 1.82) is 0 Å². The maximum atomic E-state index is 13.2. The Bertz CT molecular complexity index is 1000. The largest absolute Gasteiger partial charge is 0.435 e. The summed E-state index contributed by atoms with van der Waals surface area (Å²) in [6, 6.07) is 16.8. The first-order chi connectivity index (χ1) is 14.1. The Labute approximate surface area is 169 Å². The van der Waals surface area contributed by atoms with Gasteiger partial charge < -0.3 is 14.6 Å². The molecule has 1 saturated heterocycles. The Balaban J connectivity index is 1.73. The zero-order chi connectivity index (χ0) is 20.2. The number of anilines is 1. The fourth-order valence-electron chi connectivity index (χ4n) is 3.52. The Morgan fingerprint density at radius 1 is 0.931 bits per heavy atom. The summed E-state index contributed by atoms with van der Waals surface area (Å²) in [6.07, 6.45) is 3.17. The van der Waals surface area contributed by atoms with Crippen LogP contribution in [-0.4, -0.2) is 34.8 Å². The van der Waals surface area contributed by atoms with Gasteiger partial charge in [-0.25, -0.2) is 4.98 Å². The second-order valence-electron chi connectivity index (χ2n) is 7.17. The fourth-order valence-corrected chi connectivity index (χ4v) is 3.52. The van der Waals surface area contributed by atoms with Crippen molar-refractivity contribution in [3.05, 3.63) is 60.3 Å². The second kappa shape index (κ2) is 8.31.